The minimum Gasteiger partial charge on any atom is -0.370 e. The van der Waals surface area contributed by atoms with Crippen molar-refractivity contribution in [1.82, 2.24) is 9.47 Å². The lowest BCUT2D eigenvalue weighted by molar-refractivity contribution is -0.0229. The zero-order valence-corrected chi connectivity index (χ0v) is 14.6. The number of amides is 1. The van der Waals surface area contributed by atoms with Crippen LogP contribution in [0.4, 0.5) is 4.39 Å². The van der Waals surface area contributed by atoms with Gasteiger partial charge in [0.1, 0.15) is 17.5 Å². The van der Waals surface area contributed by atoms with Crippen molar-refractivity contribution in [2.24, 2.45) is 7.05 Å². The zero-order valence-electron chi connectivity index (χ0n) is 14.6. The number of halogens is 1. The van der Waals surface area contributed by atoms with Crippen molar-refractivity contribution < 1.29 is 13.9 Å². The molecule has 132 valence electrons. The predicted octanol–water partition coefficient (Wildman–Crippen LogP) is 2.35. The average molecular weight is 344 g/mol. The molecule has 3 rings (SSSR count). The van der Waals surface area contributed by atoms with Gasteiger partial charge in [0.15, 0.2) is 0 Å². The van der Waals surface area contributed by atoms with Gasteiger partial charge in [0.25, 0.3) is 11.5 Å². The second-order valence-corrected chi connectivity index (χ2v) is 6.35. The van der Waals surface area contributed by atoms with Gasteiger partial charge in [0, 0.05) is 19.3 Å². The molecule has 1 aliphatic rings. The van der Waals surface area contributed by atoms with Crippen LogP contribution in [0.15, 0.2) is 35.1 Å². The Kier molecular flexibility index (Phi) is 4.72. The first kappa shape index (κ1) is 17.4. The van der Waals surface area contributed by atoms with Gasteiger partial charge in [-0.25, -0.2) is 4.39 Å². The smallest absolute Gasteiger partial charge is 0.263 e. The van der Waals surface area contributed by atoms with E-state index < -0.39 is 0 Å². The highest BCUT2D eigenvalue weighted by Gasteiger charge is 2.28. The van der Waals surface area contributed by atoms with E-state index in [1.165, 1.54) is 16.7 Å². The summed E-state index contributed by atoms with van der Waals surface area (Å²) in [6.45, 7) is 4.86. The third-order valence-electron chi connectivity index (χ3n) is 4.80. The van der Waals surface area contributed by atoms with Crippen molar-refractivity contribution in [2.45, 2.75) is 20.0 Å². The molecule has 1 aromatic carbocycles. The molecule has 0 radical (unpaired) electrons. The molecule has 1 fully saturated rings. The Morgan fingerprint density at radius 2 is 1.92 bits per heavy atom. The second kappa shape index (κ2) is 6.80. The van der Waals surface area contributed by atoms with Crippen molar-refractivity contribution in [3.63, 3.8) is 0 Å². The van der Waals surface area contributed by atoms with Crippen molar-refractivity contribution in [1.29, 1.82) is 0 Å². The number of morpholine rings is 1. The van der Waals surface area contributed by atoms with E-state index in [2.05, 4.69) is 0 Å². The van der Waals surface area contributed by atoms with Crippen molar-refractivity contribution in [3.05, 3.63) is 68.9 Å². The fourth-order valence-electron chi connectivity index (χ4n) is 3.02. The summed E-state index contributed by atoms with van der Waals surface area (Å²) < 4.78 is 20.3. The molecule has 1 saturated heterocycles. The maximum Gasteiger partial charge on any atom is 0.263 e. The summed E-state index contributed by atoms with van der Waals surface area (Å²) in [4.78, 5) is 26.9. The van der Waals surface area contributed by atoms with Crippen LogP contribution in [-0.4, -0.2) is 35.1 Å². The van der Waals surface area contributed by atoms with E-state index in [1.807, 2.05) is 13.8 Å². The minimum absolute atomic E-state index is 0.172. The van der Waals surface area contributed by atoms with Crippen LogP contribution >= 0.6 is 0 Å². The quantitative estimate of drug-likeness (QED) is 0.840. The van der Waals surface area contributed by atoms with Crippen molar-refractivity contribution >= 4 is 5.91 Å². The van der Waals surface area contributed by atoms with Crippen LogP contribution in [0.3, 0.4) is 0 Å². The van der Waals surface area contributed by atoms with E-state index in [9.17, 15) is 14.0 Å². The summed E-state index contributed by atoms with van der Waals surface area (Å²) in [6.07, 6.45) is -0.325. The standard InChI is InChI=1S/C19H21FN2O3/c1-12-10-16(18(23)21(3)13(12)2)19(24)22-8-9-25-17(11-22)14-4-6-15(20)7-5-14/h4-7,10,17H,8-9,11H2,1-3H3/t17-/m1/s1. The zero-order chi connectivity index (χ0) is 18.1. The van der Waals surface area contributed by atoms with Gasteiger partial charge in [0.05, 0.1) is 13.2 Å². The first-order valence-electron chi connectivity index (χ1n) is 8.22. The number of carbonyl (C=O) groups is 1. The number of hydrogen-bond acceptors (Lipinski definition) is 3. The molecule has 5 nitrogen and oxygen atoms in total. The molecule has 1 aromatic heterocycles. The molecule has 1 atom stereocenters. The van der Waals surface area contributed by atoms with Gasteiger partial charge < -0.3 is 14.2 Å². The Hall–Kier alpha value is -2.47. The van der Waals surface area contributed by atoms with E-state index in [-0.39, 0.29) is 29.0 Å². The Balaban J connectivity index is 1.85. The summed E-state index contributed by atoms with van der Waals surface area (Å²) in [7, 11) is 1.67. The summed E-state index contributed by atoms with van der Waals surface area (Å²) in [5.74, 6) is -0.606. The molecule has 6 heteroatoms. The summed E-state index contributed by atoms with van der Waals surface area (Å²) in [6, 6.07) is 7.71. The fourth-order valence-corrected chi connectivity index (χ4v) is 3.02. The molecule has 0 bridgehead atoms. The highest BCUT2D eigenvalue weighted by molar-refractivity contribution is 5.94. The fraction of sp³-hybridized carbons (Fsp3) is 0.368. The normalized spacial score (nSPS) is 17.6. The number of carbonyl (C=O) groups excluding carboxylic acids is 1. The summed E-state index contributed by atoms with van der Waals surface area (Å²) in [5, 5.41) is 0. The molecule has 0 unspecified atom stereocenters. The van der Waals surface area contributed by atoms with Crippen LogP contribution in [0.1, 0.15) is 33.3 Å². The van der Waals surface area contributed by atoms with Gasteiger partial charge in [-0.15, -0.1) is 0 Å². The maximum absolute atomic E-state index is 13.1. The first-order valence-corrected chi connectivity index (χ1v) is 8.22. The van der Waals surface area contributed by atoms with Crippen LogP contribution in [-0.2, 0) is 11.8 Å². The topological polar surface area (TPSA) is 51.5 Å². The number of ether oxygens (including phenoxy) is 1. The van der Waals surface area contributed by atoms with Crippen molar-refractivity contribution in [2.75, 3.05) is 19.7 Å². The lowest BCUT2D eigenvalue weighted by atomic mass is 10.1. The number of aryl methyl sites for hydroxylation is 1. The Morgan fingerprint density at radius 3 is 2.60 bits per heavy atom. The molecule has 0 N–H and O–H groups in total. The van der Waals surface area contributed by atoms with Crippen LogP contribution in [0.5, 0.6) is 0 Å². The Labute approximate surface area is 145 Å². The van der Waals surface area contributed by atoms with Crippen LogP contribution in [0.2, 0.25) is 0 Å². The minimum atomic E-state index is -0.325. The number of hydrogen-bond donors (Lipinski definition) is 0. The molecule has 2 aromatic rings. The van der Waals surface area contributed by atoms with E-state index >= 15 is 0 Å². The SMILES string of the molecule is Cc1cc(C(=O)N2CCO[C@@H](c3ccc(F)cc3)C2)c(=O)n(C)c1C. The molecule has 2 heterocycles. The molecule has 0 aliphatic carbocycles. The van der Waals surface area contributed by atoms with E-state index in [0.717, 1.165) is 16.8 Å². The molecule has 25 heavy (non-hydrogen) atoms. The molecular weight excluding hydrogens is 323 g/mol. The number of nitrogens with zero attached hydrogens (tertiary/aromatic N) is 2. The number of pyridine rings is 1. The van der Waals surface area contributed by atoms with Crippen molar-refractivity contribution in [3.8, 4) is 0 Å². The predicted molar refractivity (Wildman–Crippen MR) is 92.2 cm³/mol. The molecular formula is C19H21FN2O3. The van der Waals surface area contributed by atoms with Gasteiger partial charge in [-0.3, -0.25) is 9.59 Å². The van der Waals surface area contributed by atoms with Gasteiger partial charge in [-0.05, 0) is 43.2 Å². The lowest BCUT2D eigenvalue weighted by Gasteiger charge is -2.33. The summed E-state index contributed by atoms with van der Waals surface area (Å²) in [5.41, 5.74) is 2.43. The lowest BCUT2D eigenvalue weighted by Crippen LogP contribution is -2.44. The number of benzene rings is 1. The molecule has 1 aliphatic heterocycles. The van der Waals surface area contributed by atoms with Crippen LogP contribution in [0.25, 0.3) is 0 Å². The van der Waals surface area contributed by atoms with Crippen LogP contribution < -0.4 is 5.56 Å². The van der Waals surface area contributed by atoms with Crippen LogP contribution in [0, 0.1) is 19.7 Å². The third-order valence-corrected chi connectivity index (χ3v) is 4.80. The highest BCUT2D eigenvalue weighted by atomic mass is 19.1. The van der Waals surface area contributed by atoms with Gasteiger partial charge in [-0.1, -0.05) is 12.1 Å². The van der Waals surface area contributed by atoms with Gasteiger partial charge in [0.2, 0.25) is 0 Å². The van der Waals surface area contributed by atoms with Gasteiger partial charge >= 0.3 is 0 Å². The Morgan fingerprint density at radius 1 is 1.24 bits per heavy atom. The molecule has 0 spiro atoms. The maximum atomic E-state index is 13.1. The largest absolute Gasteiger partial charge is 0.370 e. The monoisotopic (exact) mass is 344 g/mol. The second-order valence-electron chi connectivity index (χ2n) is 6.35. The average Bonchev–Trinajstić information content (AvgIpc) is 2.63. The van der Waals surface area contributed by atoms with E-state index in [0.29, 0.717) is 19.7 Å². The molecule has 1 amide bonds. The number of aromatic nitrogens is 1. The highest BCUT2D eigenvalue weighted by Crippen LogP contribution is 2.23. The molecule has 0 saturated carbocycles. The Bertz CT molecular complexity index is 858. The van der Waals surface area contributed by atoms with E-state index in [1.54, 1.807) is 30.1 Å². The van der Waals surface area contributed by atoms with Gasteiger partial charge in [-0.2, -0.15) is 0 Å². The summed E-state index contributed by atoms with van der Waals surface area (Å²) >= 11 is 0. The number of rotatable bonds is 2. The third kappa shape index (κ3) is 3.35. The van der Waals surface area contributed by atoms with E-state index in [4.69, 9.17) is 4.74 Å². The first-order chi connectivity index (χ1) is 11.9.